The Balaban J connectivity index is 2.62. The Morgan fingerprint density at radius 2 is 1.94 bits per heavy atom. The SMILES string of the molecule is CC(C)C(CC1CCCN(S(C)(=O)=O)C1)C(C)O. The van der Waals surface area contributed by atoms with Gasteiger partial charge in [-0.3, -0.25) is 0 Å². The smallest absolute Gasteiger partial charge is 0.211 e. The van der Waals surface area contributed by atoms with Gasteiger partial charge in [-0.1, -0.05) is 13.8 Å². The van der Waals surface area contributed by atoms with Crippen LogP contribution in [-0.2, 0) is 10.0 Å². The molecule has 1 fully saturated rings. The van der Waals surface area contributed by atoms with Crippen LogP contribution in [0.4, 0.5) is 0 Å². The van der Waals surface area contributed by atoms with Gasteiger partial charge in [-0.05, 0) is 43.9 Å². The van der Waals surface area contributed by atoms with Gasteiger partial charge in [0.15, 0.2) is 0 Å². The highest BCUT2D eigenvalue weighted by atomic mass is 32.2. The molecule has 1 aliphatic rings. The number of aliphatic hydroxyl groups excluding tert-OH is 1. The first-order chi connectivity index (χ1) is 8.21. The largest absolute Gasteiger partial charge is 0.393 e. The molecule has 1 saturated heterocycles. The highest BCUT2D eigenvalue weighted by Gasteiger charge is 2.29. The molecule has 0 aliphatic carbocycles. The van der Waals surface area contributed by atoms with Crippen molar-refractivity contribution >= 4 is 10.0 Å². The fourth-order valence-electron chi connectivity index (χ4n) is 2.93. The van der Waals surface area contributed by atoms with Crippen LogP contribution in [0.1, 0.15) is 40.0 Å². The number of piperidine rings is 1. The number of nitrogens with zero attached hydrogens (tertiary/aromatic N) is 1. The first-order valence-electron chi connectivity index (χ1n) is 6.85. The van der Waals surface area contributed by atoms with Crippen LogP contribution < -0.4 is 0 Å². The first-order valence-corrected chi connectivity index (χ1v) is 8.69. The Labute approximate surface area is 111 Å². The first kappa shape index (κ1) is 15.9. The van der Waals surface area contributed by atoms with Gasteiger partial charge in [-0.2, -0.15) is 0 Å². The van der Waals surface area contributed by atoms with E-state index in [-0.39, 0.29) is 12.0 Å². The van der Waals surface area contributed by atoms with E-state index in [1.54, 1.807) is 4.31 Å². The maximum absolute atomic E-state index is 11.6. The highest BCUT2D eigenvalue weighted by Crippen LogP contribution is 2.29. The molecule has 1 heterocycles. The molecule has 3 atom stereocenters. The molecular formula is C13H27NO3S. The molecule has 18 heavy (non-hydrogen) atoms. The summed E-state index contributed by atoms with van der Waals surface area (Å²) >= 11 is 0. The molecular weight excluding hydrogens is 250 g/mol. The quantitative estimate of drug-likeness (QED) is 0.832. The van der Waals surface area contributed by atoms with Crippen LogP contribution in [0.5, 0.6) is 0 Å². The summed E-state index contributed by atoms with van der Waals surface area (Å²) in [5, 5.41) is 9.81. The average Bonchev–Trinajstić information content (AvgIpc) is 2.24. The van der Waals surface area contributed by atoms with Gasteiger partial charge in [0.25, 0.3) is 0 Å². The van der Waals surface area contributed by atoms with Crippen molar-refractivity contribution in [3.05, 3.63) is 0 Å². The summed E-state index contributed by atoms with van der Waals surface area (Å²) in [7, 11) is -3.06. The summed E-state index contributed by atoms with van der Waals surface area (Å²) in [4.78, 5) is 0. The predicted octanol–water partition coefficient (Wildman–Crippen LogP) is 1.70. The van der Waals surface area contributed by atoms with Gasteiger partial charge in [-0.25, -0.2) is 12.7 Å². The van der Waals surface area contributed by atoms with Crippen molar-refractivity contribution in [2.75, 3.05) is 19.3 Å². The Morgan fingerprint density at radius 3 is 2.39 bits per heavy atom. The van der Waals surface area contributed by atoms with Gasteiger partial charge in [-0.15, -0.1) is 0 Å². The van der Waals surface area contributed by atoms with Crippen molar-refractivity contribution < 1.29 is 13.5 Å². The van der Waals surface area contributed by atoms with E-state index in [2.05, 4.69) is 13.8 Å². The Bertz CT molecular complexity index is 343. The highest BCUT2D eigenvalue weighted by molar-refractivity contribution is 7.88. The Morgan fingerprint density at radius 1 is 1.33 bits per heavy atom. The summed E-state index contributed by atoms with van der Waals surface area (Å²) in [6, 6.07) is 0. The summed E-state index contributed by atoms with van der Waals surface area (Å²) in [5.41, 5.74) is 0. The Hall–Kier alpha value is -0.130. The molecule has 0 aromatic carbocycles. The van der Waals surface area contributed by atoms with Crippen molar-refractivity contribution in [1.82, 2.24) is 4.31 Å². The van der Waals surface area contributed by atoms with Crippen molar-refractivity contribution in [3.8, 4) is 0 Å². The van der Waals surface area contributed by atoms with Crippen LogP contribution >= 0.6 is 0 Å². The molecule has 0 aromatic heterocycles. The van der Waals surface area contributed by atoms with Crippen LogP contribution in [0.15, 0.2) is 0 Å². The van der Waals surface area contributed by atoms with Crippen LogP contribution in [0.2, 0.25) is 0 Å². The van der Waals surface area contributed by atoms with Gasteiger partial charge in [0.2, 0.25) is 10.0 Å². The van der Waals surface area contributed by atoms with E-state index in [0.29, 0.717) is 24.9 Å². The van der Waals surface area contributed by atoms with Gasteiger partial charge in [0, 0.05) is 13.1 Å². The van der Waals surface area contributed by atoms with E-state index in [4.69, 9.17) is 0 Å². The number of hydrogen-bond acceptors (Lipinski definition) is 3. The molecule has 0 aromatic rings. The summed E-state index contributed by atoms with van der Waals surface area (Å²) in [6.45, 7) is 7.34. The number of aliphatic hydroxyl groups is 1. The minimum Gasteiger partial charge on any atom is -0.393 e. The molecule has 0 radical (unpaired) electrons. The van der Waals surface area contributed by atoms with E-state index in [1.807, 2.05) is 6.92 Å². The maximum atomic E-state index is 11.6. The number of rotatable bonds is 5. The van der Waals surface area contributed by atoms with Crippen LogP contribution in [0, 0.1) is 17.8 Å². The zero-order chi connectivity index (χ0) is 13.9. The monoisotopic (exact) mass is 277 g/mol. The molecule has 0 amide bonds. The molecule has 5 heteroatoms. The van der Waals surface area contributed by atoms with Crippen molar-refractivity contribution in [2.24, 2.45) is 17.8 Å². The van der Waals surface area contributed by atoms with E-state index in [9.17, 15) is 13.5 Å². The predicted molar refractivity (Wildman–Crippen MR) is 73.8 cm³/mol. The van der Waals surface area contributed by atoms with E-state index in [1.165, 1.54) is 6.26 Å². The zero-order valence-corrected chi connectivity index (χ0v) is 12.8. The summed E-state index contributed by atoms with van der Waals surface area (Å²) in [5.74, 6) is 1.07. The van der Waals surface area contributed by atoms with Gasteiger partial charge < -0.3 is 5.11 Å². The standard InChI is InChI=1S/C13H27NO3S/c1-10(2)13(11(3)15)8-12-6-5-7-14(9-12)18(4,16)17/h10-13,15H,5-9H2,1-4H3. The van der Waals surface area contributed by atoms with Crippen LogP contribution in [0.25, 0.3) is 0 Å². The van der Waals surface area contributed by atoms with E-state index < -0.39 is 10.0 Å². The van der Waals surface area contributed by atoms with Crippen LogP contribution in [0.3, 0.4) is 0 Å². The van der Waals surface area contributed by atoms with E-state index in [0.717, 1.165) is 19.3 Å². The van der Waals surface area contributed by atoms with E-state index >= 15 is 0 Å². The zero-order valence-electron chi connectivity index (χ0n) is 12.0. The van der Waals surface area contributed by atoms with Gasteiger partial charge >= 0.3 is 0 Å². The molecule has 1 aliphatic heterocycles. The molecule has 0 spiro atoms. The second-order valence-corrected chi connectivity index (χ2v) is 8.00. The maximum Gasteiger partial charge on any atom is 0.211 e. The molecule has 0 saturated carbocycles. The minimum atomic E-state index is -3.06. The molecule has 4 nitrogen and oxygen atoms in total. The third kappa shape index (κ3) is 4.52. The summed E-state index contributed by atoms with van der Waals surface area (Å²) < 4.78 is 24.7. The van der Waals surface area contributed by atoms with Crippen molar-refractivity contribution in [2.45, 2.75) is 46.1 Å². The molecule has 3 unspecified atom stereocenters. The van der Waals surface area contributed by atoms with Crippen molar-refractivity contribution in [1.29, 1.82) is 0 Å². The molecule has 108 valence electrons. The fourth-order valence-corrected chi connectivity index (χ4v) is 3.87. The lowest BCUT2D eigenvalue weighted by Gasteiger charge is -2.34. The third-order valence-electron chi connectivity index (χ3n) is 4.03. The lowest BCUT2D eigenvalue weighted by atomic mass is 9.80. The van der Waals surface area contributed by atoms with Gasteiger partial charge in [0.1, 0.15) is 0 Å². The second kappa shape index (κ2) is 6.35. The lowest BCUT2D eigenvalue weighted by Crippen LogP contribution is -2.40. The van der Waals surface area contributed by atoms with Gasteiger partial charge in [0.05, 0.1) is 12.4 Å². The molecule has 1 N–H and O–H groups in total. The normalized spacial score (nSPS) is 26.2. The van der Waals surface area contributed by atoms with Crippen molar-refractivity contribution in [3.63, 3.8) is 0 Å². The topological polar surface area (TPSA) is 57.6 Å². The lowest BCUT2D eigenvalue weighted by molar-refractivity contribution is 0.0718. The second-order valence-electron chi connectivity index (χ2n) is 6.01. The third-order valence-corrected chi connectivity index (χ3v) is 5.30. The number of sulfonamides is 1. The van der Waals surface area contributed by atoms with Crippen LogP contribution in [-0.4, -0.2) is 43.3 Å². The molecule has 1 rings (SSSR count). The minimum absolute atomic E-state index is 0.259. The number of hydrogen-bond donors (Lipinski definition) is 1. The fraction of sp³-hybridized carbons (Fsp3) is 1.00. The average molecular weight is 277 g/mol. The summed E-state index contributed by atoms with van der Waals surface area (Å²) in [6.07, 6.45) is 3.88. The Kier molecular flexibility index (Phi) is 5.62. The molecule has 0 bridgehead atoms.